The summed E-state index contributed by atoms with van der Waals surface area (Å²) < 4.78 is 0. The van der Waals surface area contributed by atoms with Crippen molar-refractivity contribution in [3.63, 3.8) is 0 Å². The molecule has 2 heterocycles. The second-order valence-electron chi connectivity index (χ2n) is 7.10. The molecule has 0 aromatic heterocycles. The van der Waals surface area contributed by atoms with E-state index in [1.54, 1.807) is 0 Å². The minimum atomic E-state index is 0.171. The number of rotatable bonds is 5. The number of carbonyl (C=O) groups excluding carboxylic acids is 2. The smallest absolute Gasteiger partial charge is 0.236 e. The first kappa shape index (κ1) is 19.2. The van der Waals surface area contributed by atoms with E-state index >= 15 is 0 Å². The molecule has 0 bridgehead atoms. The summed E-state index contributed by atoms with van der Waals surface area (Å²) in [7, 11) is 0. The fraction of sp³-hybridized carbons (Fsp3) is 0.889. The van der Waals surface area contributed by atoms with Gasteiger partial charge in [-0.25, -0.2) is 0 Å². The lowest BCUT2D eigenvalue weighted by Gasteiger charge is -2.31. The molecule has 2 fully saturated rings. The normalized spacial score (nSPS) is 26.0. The van der Waals surface area contributed by atoms with E-state index < -0.39 is 0 Å². The predicted octanol–water partition coefficient (Wildman–Crippen LogP) is 0.777. The quantitative estimate of drug-likeness (QED) is 0.805. The van der Waals surface area contributed by atoms with Crippen LogP contribution in [0.3, 0.4) is 0 Å². The highest BCUT2D eigenvalue weighted by Crippen LogP contribution is 2.19. The molecule has 138 valence electrons. The third-order valence-electron chi connectivity index (χ3n) is 5.35. The van der Waals surface area contributed by atoms with Crippen molar-refractivity contribution in [1.29, 1.82) is 0 Å². The van der Waals surface area contributed by atoms with Crippen LogP contribution in [0.5, 0.6) is 0 Å². The summed E-state index contributed by atoms with van der Waals surface area (Å²) in [6, 6.07) is 0.433. The van der Waals surface area contributed by atoms with Crippen LogP contribution < -0.4 is 5.32 Å². The Balaban J connectivity index is 1.83. The highest BCUT2D eigenvalue weighted by molar-refractivity contribution is 5.79. The van der Waals surface area contributed by atoms with Gasteiger partial charge in [0.2, 0.25) is 11.8 Å². The van der Waals surface area contributed by atoms with E-state index in [1.807, 2.05) is 23.6 Å². The standard InChI is InChI=1S/C18H34N4O2/c1-4-21(5-2)17(23)14-20-9-6-10-22(12-11-20)18(24)16-7-8-19-15(3)13-16/h15-16,19H,4-14H2,1-3H3/t15-,16-/m0/s1. The number of amides is 2. The van der Waals surface area contributed by atoms with Gasteiger partial charge in [-0.15, -0.1) is 0 Å². The molecule has 0 aromatic rings. The summed E-state index contributed by atoms with van der Waals surface area (Å²) >= 11 is 0. The van der Waals surface area contributed by atoms with Crippen LogP contribution in [0, 0.1) is 5.92 Å². The highest BCUT2D eigenvalue weighted by Gasteiger charge is 2.29. The van der Waals surface area contributed by atoms with Crippen molar-refractivity contribution in [2.45, 2.75) is 46.1 Å². The lowest BCUT2D eigenvalue weighted by atomic mass is 9.92. The molecule has 2 aliphatic rings. The van der Waals surface area contributed by atoms with E-state index in [1.165, 1.54) is 0 Å². The molecule has 0 spiro atoms. The van der Waals surface area contributed by atoms with E-state index in [9.17, 15) is 9.59 Å². The Morgan fingerprint density at radius 1 is 1.12 bits per heavy atom. The van der Waals surface area contributed by atoms with Crippen LogP contribution in [-0.4, -0.2) is 84.9 Å². The van der Waals surface area contributed by atoms with Crippen LogP contribution in [0.25, 0.3) is 0 Å². The maximum atomic E-state index is 12.8. The minimum absolute atomic E-state index is 0.171. The van der Waals surface area contributed by atoms with Crippen LogP contribution >= 0.6 is 0 Å². The van der Waals surface area contributed by atoms with Crippen LogP contribution in [0.15, 0.2) is 0 Å². The van der Waals surface area contributed by atoms with Crippen molar-refractivity contribution in [3.8, 4) is 0 Å². The van der Waals surface area contributed by atoms with Crippen LogP contribution in [0.1, 0.15) is 40.0 Å². The summed E-state index contributed by atoms with van der Waals surface area (Å²) in [6.07, 6.45) is 2.85. The molecule has 0 unspecified atom stereocenters. The zero-order chi connectivity index (χ0) is 17.5. The molecule has 0 aromatic carbocycles. The summed E-state index contributed by atoms with van der Waals surface area (Å²) in [5.41, 5.74) is 0. The molecule has 2 aliphatic heterocycles. The van der Waals surface area contributed by atoms with Crippen molar-refractivity contribution in [3.05, 3.63) is 0 Å². The number of hydrogen-bond donors (Lipinski definition) is 1. The van der Waals surface area contributed by atoms with Gasteiger partial charge in [-0.1, -0.05) is 0 Å². The fourth-order valence-corrected chi connectivity index (χ4v) is 3.83. The Hall–Kier alpha value is -1.14. The van der Waals surface area contributed by atoms with Gasteiger partial charge in [-0.3, -0.25) is 14.5 Å². The minimum Gasteiger partial charge on any atom is -0.342 e. The van der Waals surface area contributed by atoms with Gasteiger partial charge >= 0.3 is 0 Å². The molecule has 2 saturated heterocycles. The molecule has 2 amide bonds. The molecule has 0 radical (unpaired) electrons. The maximum absolute atomic E-state index is 12.8. The van der Waals surface area contributed by atoms with E-state index in [-0.39, 0.29) is 11.8 Å². The van der Waals surface area contributed by atoms with E-state index in [4.69, 9.17) is 0 Å². The second kappa shape index (κ2) is 9.37. The highest BCUT2D eigenvalue weighted by atomic mass is 16.2. The Kier molecular flexibility index (Phi) is 7.49. The van der Waals surface area contributed by atoms with Crippen LogP contribution in [0.4, 0.5) is 0 Å². The van der Waals surface area contributed by atoms with Crippen molar-refractivity contribution < 1.29 is 9.59 Å². The number of carbonyl (C=O) groups is 2. The summed E-state index contributed by atoms with van der Waals surface area (Å²) in [4.78, 5) is 31.2. The van der Waals surface area contributed by atoms with Gasteiger partial charge in [-0.2, -0.15) is 0 Å². The Morgan fingerprint density at radius 3 is 2.54 bits per heavy atom. The van der Waals surface area contributed by atoms with E-state index in [2.05, 4.69) is 17.1 Å². The van der Waals surface area contributed by atoms with Gasteiger partial charge in [0.1, 0.15) is 0 Å². The molecule has 0 saturated carbocycles. The SMILES string of the molecule is CCN(CC)C(=O)CN1CCCN(C(=O)[C@H]2CCN[C@@H](C)C2)CC1. The molecule has 2 rings (SSSR count). The van der Waals surface area contributed by atoms with E-state index in [0.29, 0.717) is 18.5 Å². The Bertz CT molecular complexity index is 425. The van der Waals surface area contributed by atoms with Gasteiger partial charge in [-0.05, 0) is 46.6 Å². The Morgan fingerprint density at radius 2 is 1.88 bits per heavy atom. The first-order valence-electron chi connectivity index (χ1n) is 9.57. The Labute approximate surface area is 146 Å². The summed E-state index contributed by atoms with van der Waals surface area (Å²) in [5, 5.41) is 3.41. The van der Waals surface area contributed by atoms with Crippen LogP contribution in [0.2, 0.25) is 0 Å². The number of nitrogens with zero attached hydrogens (tertiary/aromatic N) is 3. The largest absolute Gasteiger partial charge is 0.342 e. The topological polar surface area (TPSA) is 55.9 Å². The zero-order valence-electron chi connectivity index (χ0n) is 15.6. The third-order valence-corrected chi connectivity index (χ3v) is 5.35. The van der Waals surface area contributed by atoms with Gasteiger partial charge < -0.3 is 15.1 Å². The van der Waals surface area contributed by atoms with Crippen molar-refractivity contribution in [2.75, 3.05) is 52.4 Å². The van der Waals surface area contributed by atoms with Gasteiger partial charge in [0.25, 0.3) is 0 Å². The molecule has 1 N–H and O–H groups in total. The molecule has 6 heteroatoms. The molecule has 6 nitrogen and oxygen atoms in total. The summed E-state index contributed by atoms with van der Waals surface area (Å²) in [5.74, 6) is 0.692. The second-order valence-corrected chi connectivity index (χ2v) is 7.10. The molecular weight excluding hydrogens is 304 g/mol. The third kappa shape index (κ3) is 5.18. The first-order chi connectivity index (χ1) is 11.5. The fourth-order valence-electron chi connectivity index (χ4n) is 3.83. The molecule has 2 atom stereocenters. The average Bonchev–Trinajstić information content (AvgIpc) is 2.81. The van der Waals surface area contributed by atoms with Crippen molar-refractivity contribution >= 4 is 11.8 Å². The first-order valence-corrected chi connectivity index (χ1v) is 9.57. The lowest BCUT2D eigenvalue weighted by Crippen LogP contribution is -2.45. The van der Waals surface area contributed by atoms with Gasteiger partial charge in [0, 0.05) is 51.2 Å². The van der Waals surface area contributed by atoms with Crippen molar-refractivity contribution in [1.82, 2.24) is 20.0 Å². The number of hydrogen-bond acceptors (Lipinski definition) is 4. The monoisotopic (exact) mass is 338 g/mol. The average molecular weight is 338 g/mol. The van der Waals surface area contributed by atoms with Gasteiger partial charge in [0.05, 0.1) is 6.54 Å². The van der Waals surface area contributed by atoms with Crippen molar-refractivity contribution in [2.24, 2.45) is 5.92 Å². The van der Waals surface area contributed by atoms with E-state index in [0.717, 1.165) is 65.1 Å². The number of nitrogens with one attached hydrogen (secondary N) is 1. The zero-order valence-corrected chi connectivity index (χ0v) is 15.6. The number of likely N-dealkylation sites (N-methyl/N-ethyl adjacent to an activating group) is 1. The molecular formula is C18H34N4O2. The number of piperidine rings is 1. The molecule has 0 aliphatic carbocycles. The lowest BCUT2D eigenvalue weighted by molar-refractivity contribution is -0.136. The predicted molar refractivity (Wildman–Crippen MR) is 95.8 cm³/mol. The maximum Gasteiger partial charge on any atom is 0.236 e. The van der Waals surface area contributed by atoms with Crippen LogP contribution in [-0.2, 0) is 9.59 Å². The van der Waals surface area contributed by atoms with Gasteiger partial charge in [0.15, 0.2) is 0 Å². The summed E-state index contributed by atoms with van der Waals surface area (Å²) in [6.45, 7) is 12.4. The molecule has 24 heavy (non-hydrogen) atoms.